The lowest BCUT2D eigenvalue weighted by atomic mass is 10.2. The minimum Gasteiger partial charge on any atom is -0.492 e. The zero-order valence-corrected chi connectivity index (χ0v) is 9.53. The standard InChI is InChI=1S/C11H15FOS/c1-8(2)7-13-10-5-4-9(12)6-11(10)14-3/h4-6,8H,7H2,1-3H3. The molecular formula is C11H15FOS. The van der Waals surface area contributed by atoms with Gasteiger partial charge in [0.2, 0.25) is 0 Å². The van der Waals surface area contributed by atoms with Gasteiger partial charge in [-0.15, -0.1) is 11.8 Å². The first-order chi connectivity index (χ1) is 6.63. The number of hydrogen-bond acceptors (Lipinski definition) is 2. The van der Waals surface area contributed by atoms with Crippen molar-refractivity contribution in [1.82, 2.24) is 0 Å². The molecule has 0 saturated heterocycles. The summed E-state index contributed by atoms with van der Waals surface area (Å²) in [5, 5.41) is 0. The van der Waals surface area contributed by atoms with E-state index in [9.17, 15) is 4.39 Å². The number of rotatable bonds is 4. The molecule has 14 heavy (non-hydrogen) atoms. The first-order valence-corrected chi connectivity index (χ1v) is 5.82. The van der Waals surface area contributed by atoms with Gasteiger partial charge in [-0.25, -0.2) is 4.39 Å². The second-order valence-corrected chi connectivity index (χ2v) is 4.35. The third kappa shape index (κ3) is 3.22. The summed E-state index contributed by atoms with van der Waals surface area (Å²) in [5.74, 6) is 1.04. The van der Waals surface area contributed by atoms with Gasteiger partial charge in [-0.2, -0.15) is 0 Å². The Hall–Kier alpha value is -0.700. The second kappa shape index (κ2) is 5.25. The van der Waals surface area contributed by atoms with E-state index in [0.29, 0.717) is 12.5 Å². The molecular weight excluding hydrogens is 199 g/mol. The molecule has 0 radical (unpaired) electrons. The minimum atomic E-state index is -0.216. The number of halogens is 1. The van der Waals surface area contributed by atoms with Crippen LogP contribution in [-0.4, -0.2) is 12.9 Å². The first kappa shape index (κ1) is 11.4. The fraction of sp³-hybridized carbons (Fsp3) is 0.455. The molecule has 0 amide bonds. The molecule has 0 atom stereocenters. The summed E-state index contributed by atoms with van der Waals surface area (Å²) in [6.45, 7) is 4.84. The van der Waals surface area contributed by atoms with E-state index in [-0.39, 0.29) is 5.82 Å². The number of benzene rings is 1. The Kier molecular flexibility index (Phi) is 4.26. The zero-order chi connectivity index (χ0) is 10.6. The molecule has 0 unspecified atom stereocenters. The van der Waals surface area contributed by atoms with Gasteiger partial charge in [-0.3, -0.25) is 0 Å². The Balaban J connectivity index is 2.75. The maximum absolute atomic E-state index is 12.9. The smallest absolute Gasteiger partial charge is 0.133 e. The molecule has 1 nitrogen and oxygen atoms in total. The maximum Gasteiger partial charge on any atom is 0.133 e. The van der Waals surface area contributed by atoms with Crippen LogP contribution in [0.15, 0.2) is 23.1 Å². The highest BCUT2D eigenvalue weighted by atomic mass is 32.2. The fourth-order valence-corrected chi connectivity index (χ4v) is 1.58. The fourth-order valence-electron chi connectivity index (χ4n) is 1.02. The van der Waals surface area contributed by atoms with Crippen molar-refractivity contribution in [2.24, 2.45) is 5.92 Å². The molecule has 1 aromatic carbocycles. The van der Waals surface area contributed by atoms with Gasteiger partial charge in [0.1, 0.15) is 11.6 Å². The van der Waals surface area contributed by atoms with Gasteiger partial charge in [0.25, 0.3) is 0 Å². The molecule has 0 spiro atoms. The third-order valence-corrected chi connectivity index (χ3v) is 2.46. The lowest BCUT2D eigenvalue weighted by Gasteiger charge is -2.11. The highest BCUT2D eigenvalue weighted by molar-refractivity contribution is 7.98. The van der Waals surface area contributed by atoms with E-state index in [1.54, 1.807) is 6.07 Å². The Morgan fingerprint density at radius 3 is 2.71 bits per heavy atom. The molecule has 0 N–H and O–H groups in total. The van der Waals surface area contributed by atoms with E-state index in [2.05, 4.69) is 13.8 Å². The van der Waals surface area contributed by atoms with Gasteiger partial charge >= 0.3 is 0 Å². The van der Waals surface area contributed by atoms with E-state index in [1.807, 2.05) is 6.26 Å². The molecule has 0 bridgehead atoms. The van der Waals surface area contributed by atoms with E-state index >= 15 is 0 Å². The Bertz CT molecular complexity index is 299. The number of hydrogen-bond donors (Lipinski definition) is 0. The molecule has 78 valence electrons. The van der Waals surface area contributed by atoms with Crippen molar-refractivity contribution >= 4 is 11.8 Å². The van der Waals surface area contributed by atoms with Crippen LogP contribution in [0.2, 0.25) is 0 Å². The monoisotopic (exact) mass is 214 g/mol. The average molecular weight is 214 g/mol. The van der Waals surface area contributed by atoms with Crippen LogP contribution in [-0.2, 0) is 0 Å². The van der Waals surface area contributed by atoms with Gasteiger partial charge in [0.15, 0.2) is 0 Å². The quantitative estimate of drug-likeness (QED) is 0.708. The van der Waals surface area contributed by atoms with Crippen molar-refractivity contribution in [3.05, 3.63) is 24.0 Å². The highest BCUT2D eigenvalue weighted by Gasteiger charge is 2.05. The molecule has 0 aromatic heterocycles. The van der Waals surface area contributed by atoms with E-state index in [0.717, 1.165) is 10.6 Å². The molecule has 0 aliphatic carbocycles. The number of ether oxygens (including phenoxy) is 1. The van der Waals surface area contributed by atoms with Gasteiger partial charge in [0, 0.05) is 0 Å². The minimum absolute atomic E-state index is 0.216. The Labute approximate surface area is 88.7 Å². The Morgan fingerprint density at radius 1 is 1.43 bits per heavy atom. The summed E-state index contributed by atoms with van der Waals surface area (Å²) in [7, 11) is 0. The average Bonchev–Trinajstić information content (AvgIpc) is 2.15. The summed E-state index contributed by atoms with van der Waals surface area (Å²) >= 11 is 1.50. The molecule has 3 heteroatoms. The third-order valence-electron chi connectivity index (χ3n) is 1.70. The van der Waals surface area contributed by atoms with E-state index < -0.39 is 0 Å². The topological polar surface area (TPSA) is 9.23 Å². The molecule has 0 aliphatic rings. The summed E-state index contributed by atoms with van der Waals surface area (Å²) in [5.41, 5.74) is 0. The molecule has 0 aliphatic heterocycles. The van der Waals surface area contributed by atoms with Crippen LogP contribution < -0.4 is 4.74 Å². The van der Waals surface area contributed by atoms with Gasteiger partial charge in [-0.1, -0.05) is 13.8 Å². The lowest BCUT2D eigenvalue weighted by Crippen LogP contribution is -2.05. The first-order valence-electron chi connectivity index (χ1n) is 4.60. The van der Waals surface area contributed by atoms with Crippen LogP contribution in [0, 0.1) is 11.7 Å². The SMILES string of the molecule is CSc1cc(F)ccc1OCC(C)C. The lowest BCUT2D eigenvalue weighted by molar-refractivity contribution is 0.265. The largest absolute Gasteiger partial charge is 0.492 e. The van der Waals surface area contributed by atoms with E-state index in [4.69, 9.17) is 4.74 Å². The van der Waals surface area contributed by atoms with E-state index in [1.165, 1.54) is 23.9 Å². The van der Waals surface area contributed by atoms with Crippen LogP contribution >= 0.6 is 11.8 Å². The molecule has 1 aromatic rings. The maximum atomic E-state index is 12.9. The van der Waals surface area contributed by atoms with Crippen molar-refractivity contribution in [3.63, 3.8) is 0 Å². The molecule has 1 rings (SSSR count). The van der Waals surface area contributed by atoms with Gasteiger partial charge in [-0.05, 0) is 30.4 Å². The van der Waals surface area contributed by atoms with Crippen molar-refractivity contribution in [1.29, 1.82) is 0 Å². The van der Waals surface area contributed by atoms with Crippen LogP contribution in [0.4, 0.5) is 4.39 Å². The van der Waals surface area contributed by atoms with Crippen LogP contribution in [0.1, 0.15) is 13.8 Å². The summed E-state index contributed by atoms with van der Waals surface area (Å²) in [6.07, 6.45) is 1.91. The summed E-state index contributed by atoms with van der Waals surface area (Å²) < 4.78 is 18.4. The van der Waals surface area contributed by atoms with Crippen molar-refractivity contribution < 1.29 is 9.13 Å². The van der Waals surface area contributed by atoms with Gasteiger partial charge in [0.05, 0.1) is 11.5 Å². The van der Waals surface area contributed by atoms with Crippen LogP contribution in [0.3, 0.4) is 0 Å². The zero-order valence-electron chi connectivity index (χ0n) is 8.71. The van der Waals surface area contributed by atoms with Crippen LogP contribution in [0.25, 0.3) is 0 Å². The van der Waals surface area contributed by atoms with Crippen LogP contribution in [0.5, 0.6) is 5.75 Å². The predicted octanol–water partition coefficient (Wildman–Crippen LogP) is 3.58. The molecule has 0 saturated carbocycles. The second-order valence-electron chi connectivity index (χ2n) is 3.50. The molecule has 0 fully saturated rings. The predicted molar refractivity (Wildman–Crippen MR) is 58.5 cm³/mol. The van der Waals surface area contributed by atoms with Crippen molar-refractivity contribution in [2.75, 3.05) is 12.9 Å². The summed E-state index contributed by atoms with van der Waals surface area (Å²) in [6, 6.07) is 4.61. The summed E-state index contributed by atoms with van der Waals surface area (Å²) in [4.78, 5) is 0.852. The van der Waals surface area contributed by atoms with Crippen molar-refractivity contribution in [3.8, 4) is 5.75 Å². The van der Waals surface area contributed by atoms with Gasteiger partial charge < -0.3 is 4.74 Å². The normalized spacial score (nSPS) is 10.6. The molecule has 0 heterocycles. The Morgan fingerprint density at radius 2 is 2.14 bits per heavy atom. The number of thioether (sulfide) groups is 1. The highest BCUT2D eigenvalue weighted by Crippen LogP contribution is 2.28. The van der Waals surface area contributed by atoms with Crippen molar-refractivity contribution in [2.45, 2.75) is 18.7 Å².